The van der Waals surface area contributed by atoms with Gasteiger partial charge in [-0.2, -0.15) is 0 Å². The minimum Gasteiger partial charge on any atom is -0.388 e. The predicted molar refractivity (Wildman–Crippen MR) is 71.6 cm³/mol. The molecule has 1 heteroatoms. The Kier molecular flexibility index (Phi) is 4.57. The Labute approximate surface area is 103 Å². The number of hydrogen-bond donors (Lipinski definition) is 1. The monoisotopic (exact) mass is 228 g/mol. The van der Waals surface area contributed by atoms with Gasteiger partial charge >= 0.3 is 0 Å². The molecule has 1 unspecified atom stereocenters. The Morgan fingerprint density at radius 2 is 1.88 bits per heavy atom. The summed E-state index contributed by atoms with van der Waals surface area (Å²) in [6.07, 6.45) is 12.8. The van der Waals surface area contributed by atoms with Crippen LogP contribution in [0.15, 0.2) is 54.6 Å². The molecule has 1 aromatic carbocycles. The molecule has 1 nitrogen and oxygen atoms in total. The summed E-state index contributed by atoms with van der Waals surface area (Å²) in [5.74, 6) is 0.860. The van der Waals surface area contributed by atoms with Crippen molar-refractivity contribution in [2.24, 2.45) is 5.92 Å². The van der Waals surface area contributed by atoms with Gasteiger partial charge in [0.05, 0.1) is 6.10 Å². The van der Waals surface area contributed by atoms with Gasteiger partial charge in [-0.3, -0.25) is 0 Å². The van der Waals surface area contributed by atoms with E-state index in [1.54, 1.807) is 0 Å². The number of benzene rings is 1. The van der Waals surface area contributed by atoms with Crippen LogP contribution in [0.4, 0.5) is 0 Å². The molecule has 1 aromatic rings. The van der Waals surface area contributed by atoms with Crippen LogP contribution < -0.4 is 0 Å². The van der Waals surface area contributed by atoms with Gasteiger partial charge < -0.3 is 5.11 Å². The molecule has 0 amide bonds. The Bertz CT molecular complexity index is 374. The van der Waals surface area contributed by atoms with E-state index in [9.17, 15) is 5.11 Å². The first-order chi connectivity index (χ1) is 8.36. The molecule has 0 spiro atoms. The quantitative estimate of drug-likeness (QED) is 0.729. The predicted octanol–water partition coefficient (Wildman–Crippen LogP) is 4.02. The third kappa shape index (κ3) is 4.58. The van der Waals surface area contributed by atoms with Crippen LogP contribution >= 0.6 is 0 Å². The van der Waals surface area contributed by atoms with Crippen LogP contribution in [0.25, 0.3) is 0 Å². The van der Waals surface area contributed by atoms with Gasteiger partial charge in [-0.15, -0.1) is 0 Å². The van der Waals surface area contributed by atoms with Crippen LogP contribution in [0.5, 0.6) is 0 Å². The minimum absolute atomic E-state index is 0.375. The van der Waals surface area contributed by atoms with Crippen molar-refractivity contribution in [3.63, 3.8) is 0 Å². The molecule has 1 saturated carbocycles. The van der Waals surface area contributed by atoms with Gasteiger partial charge in [0.25, 0.3) is 0 Å². The molecule has 90 valence electrons. The van der Waals surface area contributed by atoms with Crippen LogP contribution in [0.2, 0.25) is 0 Å². The molecule has 1 aliphatic carbocycles. The number of aliphatic hydroxyl groups excluding tert-OH is 1. The lowest BCUT2D eigenvalue weighted by Gasteiger charge is -2.07. The molecule has 0 saturated heterocycles. The van der Waals surface area contributed by atoms with E-state index in [0.717, 1.165) is 17.9 Å². The molecule has 1 N–H and O–H groups in total. The molecular formula is C16H20O. The zero-order chi connectivity index (χ0) is 11.9. The van der Waals surface area contributed by atoms with E-state index in [-0.39, 0.29) is 6.10 Å². The topological polar surface area (TPSA) is 20.2 Å². The third-order valence-electron chi connectivity index (χ3n) is 3.01. The van der Waals surface area contributed by atoms with E-state index in [0.29, 0.717) is 6.42 Å². The molecule has 0 heterocycles. The standard InChI is InChI=1S/C16H20O/c17-16(15-9-5-3-6-10-15)11-7-2-1-4-8-14-12-13-14/h2-10,14,16-17H,1,11-13H2/b7-2+,8-4+. The fraction of sp³-hybridized carbons (Fsp3) is 0.375. The number of allylic oxidation sites excluding steroid dienone is 3. The highest BCUT2D eigenvalue weighted by molar-refractivity contribution is 5.18. The zero-order valence-electron chi connectivity index (χ0n) is 10.1. The summed E-state index contributed by atoms with van der Waals surface area (Å²) >= 11 is 0. The second-order valence-electron chi connectivity index (χ2n) is 4.63. The molecule has 1 aliphatic rings. The first kappa shape index (κ1) is 12.1. The van der Waals surface area contributed by atoms with Gasteiger partial charge in [0.15, 0.2) is 0 Å². The van der Waals surface area contributed by atoms with Gasteiger partial charge in [-0.1, -0.05) is 54.6 Å². The molecule has 17 heavy (non-hydrogen) atoms. The highest BCUT2D eigenvalue weighted by Crippen LogP contribution is 2.30. The number of aliphatic hydroxyl groups is 1. The maximum absolute atomic E-state index is 9.91. The van der Waals surface area contributed by atoms with Gasteiger partial charge in [0, 0.05) is 0 Å². The Morgan fingerprint density at radius 1 is 1.12 bits per heavy atom. The summed E-state index contributed by atoms with van der Waals surface area (Å²) in [4.78, 5) is 0. The van der Waals surface area contributed by atoms with Crippen molar-refractivity contribution in [3.05, 3.63) is 60.2 Å². The zero-order valence-corrected chi connectivity index (χ0v) is 10.1. The highest BCUT2D eigenvalue weighted by Gasteiger charge is 2.16. The molecule has 1 atom stereocenters. The lowest BCUT2D eigenvalue weighted by molar-refractivity contribution is 0.181. The van der Waals surface area contributed by atoms with Gasteiger partial charge in [0.1, 0.15) is 0 Å². The molecule has 0 aliphatic heterocycles. The minimum atomic E-state index is -0.375. The lowest BCUT2D eigenvalue weighted by atomic mass is 10.1. The first-order valence-electron chi connectivity index (χ1n) is 6.41. The van der Waals surface area contributed by atoms with Crippen molar-refractivity contribution in [1.29, 1.82) is 0 Å². The van der Waals surface area contributed by atoms with Crippen molar-refractivity contribution >= 4 is 0 Å². The summed E-state index contributed by atoms with van der Waals surface area (Å²) in [7, 11) is 0. The van der Waals surface area contributed by atoms with E-state index in [1.807, 2.05) is 30.3 Å². The Hall–Kier alpha value is -1.34. The van der Waals surface area contributed by atoms with Crippen LogP contribution in [-0.4, -0.2) is 5.11 Å². The van der Waals surface area contributed by atoms with E-state index < -0.39 is 0 Å². The van der Waals surface area contributed by atoms with Gasteiger partial charge in [-0.25, -0.2) is 0 Å². The molecule has 0 radical (unpaired) electrons. The molecule has 0 aromatic heterocycles. The average molecular weight is 228 g/mol. The van der Waals surface area contributed by atoms with Crippen LogP contribution in [0, 0.1) is 5.92 Å². The maximum Gasteiger partial charge on any atom is 0.0824 e. The van der Waals surface area contributed by atoms with Crippen LogP contribution in [-0.2, 0) is 0 Å². The molecular weight excluding hydrogens is 208 g/mol. The van der Waals surface area contributed by atoms with Crippen LogP contribution in [0.3, 0.4) is 0 Å². The van der Waals surface area contributed by atoms with Crippen molar-refractivity contribution in [2.75, 3.05) is 0 Å². The largest absolute Gasteiger partial charge is 0.388 e. The lowest BCUT2D eigenvalue weighted by Crippen LogP contribution is -1.94. The van der Waals surface area contributed by atoms with Crippen molar-refractivity contribution in [3.8, 4) is 0 Å². The summed E-state index contributed by atoms with van der Waals surface area (Å²) in [6.45, 7) is 0. The number of hydrogen-bond acceptors (Lipinski definition) is 1. The van der Waals surface area contributed by atoms with Crippen molar-refractivity contribution in [1.82, 2.24) is 0 Å². The third-order valence-corrected chi connectivity index (χ3v) is 3.01. The van der Waals surface area contributed by atoms with Gasteiger partial charge in [0.2, 0.25) is 0 Å². The van der Waals surface area contributed by atoms with E-state index in [1.165, 1.54) is 12.8 Å². The van der Waals surface area contributed by atoms with Crippen molar-refractivity contribution < 1.29 is 5.11 Å². The molecule has 1 fully saturated rings. The highest BCUT2D eigenvalue weighted by atomic mass is 16.3. The first-order valence-corrected chi connectivity index (χ1v) is 6.41. The summed E-state index contributed by atoms with van der Waals surface area (Å²) < 4.78 is 0. The maximum atomic E-state index is 9.91. The summed E-state index contributed by atoms with van der Waals surface area (Å²) in [5.41, 5.74) is 0.991. The van der Waals surface area contributed by atoms with E-state index >= 15 is 0 Å². The van der Waals surface area contributed by atoms with Gasteiger partial charge in [-0.05, 0) is 37.2 Å². The smallest absolute Gasteiger partial charge is 0.0824 e. The van der Waals surface area contributed by atoms with Crippen molar-refractivity contribution in [2.45, 2.75) is 31.8 Å². The normalized spacial score (nSPS) is 17.9. The van der Waals surface area contributed by atoms with Crippen LogP contribution in [0.1, 0.15) is 37.4 Å². The summed E-state index contributed by atoms with van der Waals surface area (Å²) in [5, 5.41) is 9.91. The summed E-state index contributed by atoms with van der Waals surface area (Å²) in [6, 6.07) is 9.81. The Balaban J connectivity index is 1.68. The average Bonchev–Trinajstić information content (AvgIpc) is 3.18. The molecule has 0 bridgehead atoms. The number of rotatable bonds is 6. The molecule has 2 rings (SSSR count). The fourth-order valence-corrected chi connectivity index (χ4v) is 1.77. The fourth-order valence-electron chi connectivity index (χ4n) is 1.77. The second-order valence-corrected chi connectivity index (χ2v) is 4.63. The Morgan fingerprint density at radius 3 is 2.59 bits per heavy atom. The SMILES string of the molecule is OC(C/C=C/C/C=C/C1CC1)c1ccccc1. The van der Waals surface area contributed by atoms with E-state index in [4.69, 9.17) is 0 Å². The second kappa shape index (κ2) is 6.41. The van der Waals surface area contributed by atoms with E-state index in [2.05, 4.69) is 24.3 Å².